The second-order valence-corrected chi connectivity index (χ2v) is 7.56. The zero-order valence-corrected chi connectivity index (χ0v) is 15.0. The quantitative estimate of drug-likeness (QED) is 0.247. The van der Waals surface area contributed by atoms with Crippen molar-refractivity contribution in [2.75, 3.05) is 0 Å². The molecule has 1 aromatic rings. The van der Waals surface area contributed by atoms with Crippen LogP contribution in [0, 0.1) is 0 Å². The van der Waals surface area contributed by atoms with E-state index in [-0.39, 0.29) is 12.2 Å². The van der Waals surface area contributed by atoms with Crippen molar-refractivity contribution < 1.29 is 35.3 Å². The summed E-state index contributed by atoms with van der Waals surface area (Å²) in [5.74, 6) is -0.731. The minimum atomic E-state index is -5.75. The van der Waals surface area contributed by atoms with Crippen molar-refractivity contribution in [3.8, 4) is 11.5 Å². The molecule has 144 valence electrons. The normalized spacial score (nSPS) is 19.2. The van der Waals surface area contributed by atoms with Crippen molar-refractivity contribution in [2.45, 2.75) is 51.0 Å². The zero-order chi connectivity index (χ0) is 19.4. The molecule has 0 fully saturated rings. The number of carbonyl (C=O) groups is 1. The average molecular weight is 392 g/mol. The first-order valence-corrected chi connectivity index (χ1v) is 9.49. The van der Waals surface area contributed by atoms with E-state index in [9.17, 15) is 26.4 Å². The number of allylic oxidation sites excluding steroid dienone is 2. The van der Waals surface area contributed by atoms with Crippen LogP contribution in [0.15, 0.2) is 29.8 Å². The Kier molecular flexibility index (Phi) is 6.33. The van der Waals surface area contributed by atoms with Crippen LogP contribution in [0.25, 0.3) is 0 Å². The number of fused-ring (bicyclic) bond motifs is 1. The second-order valence-electron chi connectivity index (χ2n) is 6.02. The third kappa shape index (κ3) is 5.48. The molecule has 26 heavy (non-hydrogen) atoms. The Hall–Kier alpha value is -2.03. The Morgan fingerprint density at radius 3 is 2.54 bits per heavy atom. The van der Waals surface area contributed by atoms with Crippen LogP contribution in [0.4, 0.5) is 13.2 Å². The minimum absolute atomic E-state index is 0.183. The molecule has 5 nitrogen and oxygen atoms in total. The molecule has 0 saturated carbocycles. The van der Waals surface area contributed by atoms with Gasteiger partial charge in [0.05, 0.1) is 0 Å². The lowest BCUT2D eigenvalue weighted by molar-refractivity contribution is -0.134. The van der Waals surface area contributed by atoms with Crippen LogP contribution in [-0.4, -0.2) is 19.9 Å². The van der Waals surface area contributed by atoms with E-state index < -0.39 is 27.3 Å². The first-order chi connectivity index (χ1) is 12.1. The van der Waals surface area contributed by atoms with Crippen LogP contribution in [0.1, 0.15) is 44.6 Å². The van der Waals surface area contributed by atoms with Gasteiger partial charge in [-0.1, -0.05) is 11.6 Å². The fraction of sp³-hybridized carbons (Fsp3) is 0.471. The third-order valence-corrected chi connectivity index (χ3v) is 4.84. The molecular formula is C17H19F3O5S. The highest BCUT2D eigenvalue weighted by atomic mass is 32.2. The number of hydrogen-bond donors (Lipinski definition) is 0. The molecule has 1 aromatic carbocycles. The van der Waals surface area contributed by atoms with Gasteiger partial charge in [-0.05, 0) is 62.8 Å². The van der Waals surface area contributed by atoms with Crippen LogP contribution < -0.4 is 8.92 Å². The van der Waals surface area contributed by atoms with E-state index in [0.29, 0.717) is 24.8 Å². The maximum absolute atomic E-state index is 12.5. The minimum Gasteiger partial charge on any atom is -0.426 e. The highest BCUT2D eigenvalue weighted by molar-refractivity contribution is 7.88. The molecule has 0 aromatic heterocycles. The zero-order valence-electron chi connectivity index (χ0n) is 14.1. The van der Waals surface area contributed by atoms with Gasteiger partial charge in [-0.2, -0.15) is 21.6 Å². The van der Waals surface area contributed by atoms with Gasteiger partial charge in [-0.3, -0.25) is 4.79 Å². The molecule has 0 spiro atoms. The number of rotatable bonds is 2. The number of carbonyl (C=O) groups excluding carboxylic acids is 1. The van der Waals surface area contributed by atoms with E-state index in [0.717, 1.165) is 24.5 Å². The van der Waals surface area contributed by atoms with Gasteiger partial charge < -0.3 is 8.92 Å². The monoisotopic (exact) mass is 392 g/mol. The van der Waals surface area contributed by atoms with Crippen molar-refractivity contribution in [1.29, 1.82) is 0 Å². The Bertz CT molecular complexity index is 797. The highest BCUT2D eigenvalue weighted by Crippen LogP contribution is 2.31. The van der Waals surface area contributed by atoms with Crippen molar-refractivity contribution in [1.82, 2.24) is 0 Å². The molecule has 0 atom stereocenters. The molecule has 1 aliphatic heterocycles. The van der Waals surface area contributed by atoms with Crippen LogP contribution in [-0.2, 0) is 21.3 Å². The Morgan fingerprint density at radius 1 is 1.12 bits per heavy atom. The number of esters is 1. The maximum Gasteiger partial charge on any atom is 0.534 e. The molecule has 0 saturated heterocycles. The predicted molar refractivity (Wildman–Crippen MR) is 88.2 cm³/mol. The molecule has 0 amide bonds. The van der Waals surface area contributed by atoms with E-state index >= 15 is 0 Å². The molecular weight excluding hydrogens is 373 g/mol. The summed E-state index contributed by atoms with van der Waals surface area (Å²) in [5.41, 5.74) is -3.99. The van der Waals surface area contributed by atoms with Gasteiger partial charge in [-0.25, -0.2) is 0 Å². The van der Waals surface area contributed by atoms with Crippen molar-refractivity contribution in [3.05, 3.63) is 35.4 Å². The summed E-state index contributed by atoms with van der Waals surface area (Å²) in [6, 6.07) is 3.45. The van der Waals surface area contributed by atoms with Gasteiger partial charge >= 0.3 is 21.6 Å². The Balaban J connectivity index is 2.25. The topological polar surface area (TPSA) is 69.7 Å². The van der Waals surface area contributed by atoms with Gasteiger partial charge in [0, 0.05) is 6.42 Å². The summed E-state index contributed by atoms with van der Waals surface area (Å²) in [6.07, 6.45) is 5.58. The van der Waals surface area contributed by atoms with Crippen molar-refractivity contribution in [2.24, 2.45) is 0 Å². The van der Waals surface area contributed by atoms with Crippen LogP contribution in [0.5, 0.6) is 11.5 Å². The first kappa shape index (κ1) is 20.3. The lowest BCUT2D eigenvalue weighted by Gasteiger charge is -2.14. The molecule has 0 radical (unpaired) electrons. The summed E-state index contributed by atoms with van der Waals surface area (Å²) < 4.78 is 69.1. The van der Waals surface area contributed by atoms with Gasteiger partial charge in [-0.15, -0.1) is 0 Å². The number of alkyl halides is 3. The van der Waals surface area contributed by atoms with E-state index in [1.807, 2.05) is 13.0 Å². The number of halogens is 3. The summed E-state index contributed by atoms with van der Waals surface area (Å²) in [4.78, 5) is 11.9. The number of benzene rings is 1. The van der Waals surface area contributed by atoms with Gasteiger partial charge in [0.15, 0.2) is 0 Å². The largest absolute Gasteiger partial charge is 0.534 e. The molecule has 0 bridgehead atoms. The Morgan fingerprint density at radius 2 is 1.85 bits per heavy atom. The fourth-order valence-electron chi connectivity index (χ4n) is 2.46. The highest BCUT2D eigenvalue weighted by Gasteiger charge is 2.48. The van der Waals surface area contributed by atoms with E-state index in [1.54, 1.807) is 0 Å². The molecule has 0 unspecified atom stereocenters. The molecule has 9 heteroatoms. The summed E-state index contributed by atoms with van der Waals surface area (Å²) in [5, 5.41) is 0. The third-order valence-electron chi connectivity index (χ3n) is 3.86. The lowest BCUT2D eigenvalue weighted by Crippen LogP contribution is -2.28. The predicted octanol–water partition coefficient (Wildman–Crippen LogP) is 4.27. The van der Waals surface area contributed by atoms with Gasteiger partial charge in [0.1, 0.15) is 11.5 Å². The SMILES string of the molecule is C/C1=C\CCCCc2cc(OS(=O)(=O)C(F)(F)F)ccc2OC(=O)CC1. The smallest absolute Gasteiger partial charge is 0.426 e. The van der Waals surface area contributed by atoms with Crippen LogP contribution in [0.2, 0.25) is 0 Å². The fourth-order valence-corrected chi connectivity index (χ4v) is 2.91. The van der Waals surface area contributed by atoms with Crippen LogP contribution in [0.3, 0.4) is 0 Å². The summed E-state index contributed by atoms with van der Waals surface area (Å²) in [7, 11) is -5.75. The molecule has 0 N–H and O–H groups in total. The second kappa shape index (κ2) is 8.11. The molecule has 1 heterocycles. The van der Waals surface area contributed by atoms with E-state index in [2.05, 4.69) is 4.18 Å². The number of hydrogen-bond acceptors (Lipinski definition) is 5. The van der Waals surface area contributed by atoms with Gasteiger partial charge in [0.25, 0.3) is 0 Å². The lowest BCUT2D eigenvalue weighted by atomic mass is 10.0. The first-order valence-electron chi connectivity index (χ1n) is 8.08. The number of aryl methyl sites for hydroxylation is 1. The number of ether oxygens (including phenoxy) is 1. The Labute approximate surface area is 149 Å². The molecule has 2 rings (SSSR count). The van der Waals surface area contributed by atoms with E-state index in [1.165, 1.54) is 12.1 Å². The molecule has 0 aliphatic carbocycles. The summed E-state index contributed by atoms with van der Waals surface area (Å²) >= 11 is 0. The van der Waals surface area contributed by atoms with E-state index in [4.69, 9.17) is 4.74 Å². The maximum atomic E-state index is 12.5. The average Bonchev–Trinajstić information content (AvgIpc) is 2.52. The molecule has 1 aliphatic rings. The summed E-state index contributed by atoms with van der Waals surface area (Å²) in [6.45, 7) is 1.94. The standard InChI is InChI=1S/C17H19F3O5S/c1-12-5-3-2-4-6-13-11-14(25-26(22,23)17(18,19)20)8-9-15(13)24-16(21)10-7-12/h5,8-9,11H,2-4,6-7,10H2,1H3/b12-5+. The van der Waals surface area contributed by atoms with Crippen LogP contribution >= 0.6 is 0 Å². The van der Waals surface area contributed by atoms with Crippen molar-refractivity contribution >= 4 is 16.1 Å². The van der Waals surface area contributed by atoms with Crippen molar-refractivity contribution in [3.63, 3.8) is 0 Å². The van der Waals surface area contributed by atoms with Gasteiger partial charge in [0.2, 0.25) is 0 Å².